The molecule has 0 aliphatic heterocycles. The first-order valence-corrected chi connectivity index (χ1v) is 7.51. The summed E-state index contributed by atoms with van der Waals surface area (Å²) in [6.07, 6.45) is 2.25. The molecule has 0 unspecified atom stereocenters. The van der Waals surface area contributed by atoms with Gasteiger partial charge in [-0.05, 0) is 37.1 Å². The molecule has 3 nitrogen and oxygen atoms in total. The van der Waals surface area contributed by atoms with Crippen molar-refractivity contribution in [3.8, 4) is 0 Å². The van der Waals surface area contributed by atoms with Crippen LogP contribution in [-0.2, 0) is 13.1 Å². The Bertz CT molecular complexity index is 381. The van der Waals surface area contributed by atoms with Gasteiger partial charge in [-0.25, -0.2) is 0 Å². The second-order valence-corrected chi connectivity index (χ2v) is 5.54. The Morgan fingerprint density at radius 2 is 1.79 bits per heavy atom. The average molecular weight is 261 g/mol. The van der Waals surface area contributed by atoms with Crippen molar-refractivity contribution in [3.05, 3.63) is 35.4 Å². The minimum absolute atomic E-state index is 0.420. The molecule has 0 saturated heterocycles. The molecule has 0 bridgehead atoms. The molecule has 0 radical (unpaired) electrons. The van der Waals surface area contributed by atoms with Crippen LogP contribution in [0.1, 0.15) is 37.8 Å². The molecule has 1 aliphatic rings. The summed E-state index contributed by atoms with van der Waals surface area (Å²) in [6.45, 7) is 8.68. The van der Waals surface area contributed by atoms with Crippen LogP contribution in [0.25, 0.3) is 0 Å². The van der Waals surface area contributed by atoms with Crippen LogP contribution in [0, 0.1) is 0 Å². The van der Waals surface area contributed by atoms with Crippen LogP contribution >= 0.6 is 0 Å². The van der Waals surface area contributed by atoms with Crippen molar-refractivity contribution in [3.63, 3.8) is 0 Å². The normalized spacial score (nSPS) is 22.5. The van der Waals surface area contributed by atoms with Gasteiger partial charge in [-0.15, -0.1) is 0 Å². The zero-order valence-electron chi connectivity index (χ0n) is 12.2. The highest BCUT2D eigenvalue weighted by Gasteiger charge is 2.25. The van der Waals surface area contributed by atoms with Gasteiger partial charge in [0.15, 0.2) is 0 Å². The van der Waals surface area contributed by atoms with E-state index in [1.807, 2.05) is 0 Å². The largest absolute Gasteiger partial charge is 0.328 e. The predicted molar refractivity (Wildman–Crippen MR) is 80.9 cm³/mol. The van der Waals surface area contributed by atoms with Crippen molar-refractivity contribution in [1.29, 1.82) is 0 Å². The van der Waals surface area contributed by atoms with E-state index in [-0.39, 0.29) is 0 Å². The van der Waals surface area contributed by atoms with Gasteiger partial charge in [0, 0.05) is 25.2 Å². The number of hydrogen-bond donors (Lipinski definition) is 2. The number of rotatable bonds is 7. The lowest BCUT2D eigenvalue weighted by molar-refractivity contribution is 0.285. The summed E-state index contributed by atoms with van der Waals surface area (Å²) in [6, 6.07) is 9.81. The SMILES string of the molecule is CCN(CC)Cc1ccccc1CNC1CC(N)C1. The van der Waals surface area contributed by atoms with Gasteiger partial charge in [-0.3, -0.25) is 4.90 Å². The van der Waals surface area contributed by atoms with Gasteiger partial charge >= 0.3 is 0 Å². The van der Waals surface area contributed by atoms with E-state index in [0.717, 1.165) is 39.0 Å². The topological polar surface area (TPSA) is 41.3 Å². The fraction of sp³-hybridized carbons (Fsp3) is 0.625. The van der Waals surface area contributed by atoms with E-state index in [1.54, 1.807) is 0 Å². The van der Waals surface area contributed by atoms with Crippen LogP contribution in [-0.4, -0.2) is 30.1 Å². The van der Waals surface area contributed by atoms with Gasteiger partial charge in [0.25, 0.3) is 0 Å². The Kier molecular flexibility index (Phi) is 5.37. The summed E-state index contributed by atoms with van der Waals surface area (Å²) in [5.74, 6) is 0. The lowest BCUT2D eigenvalue weighted by atomic mass is 9.87. The fourth-order valence-electron chi connectivity index (χ4n) is 2.66. The molecule has 2 rings (SSSR count). The Morgan fingerprint density at radius 1 is 1.16 bits per heavy atom. The Hall–Kier alpha value is -0.900. The van der Waals surface area contributed by atoms with E-state index in [4.69, 9.17) is 5.73 Å². The van der Waals surface area contributed by atoms with Crippen molar-refractivity contribution >= 4 is 0 Å². The molecule has 0 spiro atoms. The number of nitrogens with two attached hydrogens (primary N) is 1. The zero-order valence-corrected chi connectivity index (χ0v) is 12.2. The Morgan fingerprint density at radius 3 is 2.37 bits per heavy atom. The van der Waals surface area contributed by atoms with Crippen molar-refractivity contribution in [2.45, 2.75) is 51.9 Å². The lowest BCUT2D eigenvalue weighted by Gasteiger charge is -2.33. The molecular weight excluding hydrogens is 234 g/mol. The summed E-state index contributed by atoms with van der Waals surface area (Å²) in [4.78, 5) is 2.46. The number of nitrogens with one attached hydrogen (secondary N) is 1. The third kappa shape index (κ3) is 4.03. The summed E-state index contributed by atoms with van der Waals surface area (Å²) in [5, 5.41) is 3.62. The number of nitrogens with zero attached hydrogens (tertiary/aromatic N) is 1. The number of benzene rings is 1. The standard InChI is InChI=1S/C16H27N3/c1-3-19(4-2)12-14-8-6-5-7-13(14)11-18-16-9-15(17)10-16/h5-8,15-16,18H,3-4,9-12,17H2,1-2H3. The summed E-state index contributed by atoms with van der Waals surface area (Å²) in [5.41, 5.74) is 8.70. The first-order valence-electron chi connectivity index (χ1n) is 7.51. The number of hydrogen-bond acceptors (Lipinski definition) is 3. The van der Waals surface area contributed by atoms with Crippen molar-refractivity contribution in [2.75, 3.05) is 13.1 Å². The van der Waals surface area contributed by atoms with E-state index in [9.17, 15) is 0 Å². The highest BCUT2D eigenvalue weighted by Crippen LogP contribution is 2.19. The quantitative estimate of drug-likeness (QED) is 0.790. The van der Waals surface area contributed by atoms with Crippen molar-refractivity contribution in [2.24, 2.45) is 5.73 Å². The van der Waals surface area contributed by atoms with Crippen LogP contribution < -0.4 is 11.1 Å². The lowest BCUT2D eigenvalue weighted by Crippen LogP contribution is -2.48. The molecule has 106 valence electrons. The monoisotopic (exact) mass is 261 g/mol. The van der Waals surface area contributed by atoms with Crippen LogP contribution in [0.15, 0.2) is 24.3 Å². The zero-order chi connectivity index (χ0) is 13.7. The third-order valence-electron chi connectivity index (χ3n) is 4.16. The minimum atomic E-state index is 0.420. The molecule has 1 aromatic carbocycles. The smallest absolute Gasteiger partial charge is 0.0236 e. The Balaban J connectivity index is 1.91. The average Bonchev–Trinajstić information content (AvgIpc) is 2.40. The van der Waals surface area contributed by atoms with Crippen LogP contribution in [0.5, 0.6) is 0 Å². The van der Waals surface area contributed by atoms with E-state index in [1.165, 1.54) is 11.1 Å². The van der Waals surface area contributed by atoms with Crippen LogP contribution in [0.3, 0.4) is 0 Å². The van der Waals surface area contributed by atoms with Gasteiger partial charge in [-0.1, -0.05) is 38.1 Å². The molecule has 0 atom stereocenters. The van der Waals surface area contributed by atoms with Gasteiger partial charge in [0.1, 0.15) is 0 Å². The molecule has 0 aromatic heterocycles. The maximum absolute atomic E-state index is 5.82. The van der Waals surface area contributed by atoms with Gasteiger partial charge in [0.2, 0.25) is 0 Å². The Labute approximate surface area is 117 Å². The summed E-state index contributed by atoms with van der Waals surface area (Å²) in [7, 11) is 0. The molecule has 1 saturated carbocycles. The minimum Gasteiger partial charge on any atom is -0.328 e. The van der Waals surface area contributed by atoms with E-state index >= 15 is 0 Å². The van der Waals surface area contributed by atoms with Crippen molar-refractivity contribution < 1.29 is 0 Å². The second kappa shape index (κ2) is 7.04. The molecule has 1 aliphatic carbocycles. The maximum atomic E-state index is 5.82. The fourth-order valence-corrected chi connectivity index (χ4v) is 2.66. The molecular formula is C16H27N3. The molecule has 1 fully saturated rings. The van der Waals surface area contributed by atoms with Crippen LogP contribution in [0.2, 0.25) is 0 Å². The maximum Gasteiger partial charge on any atom is 0.0236 e. The summed E-state index contributed by atoms with van der Waals surface area (Å²) >= 11 is 0. The first kappa shape index (κ1) is 14.5. The molecule has 19 heavy (non-hydrogen) atoms. The second-order valence-electron chi connectivity index (χ2n) is 5.54. The molecule has 3 N–H and O–H groups in total. The molecule has 3 heteroatoms. The van der Waals surface area contributed by atoms with Gasteiger partial charge in [0.05, 0.1) is 0 Å². The summed E-state index contributed by atoms with van der Waals surface area (Å²) < 4.78 is 0. The third-order valence-corrected chi connectivity index (χ3v) is 4.16. The van der Waals surface area contributed by atoms with Crippen molar-refractivity contribution in [1.82, 2.24) is 10.2 Å². The highest BCUT2D eigenvalue weighted by atomic mass is 15.1. The molecule has 1 aromatic rings. The molecule has 0 amide bonds. The first-order chi connectivity index (χ1) is 9.22. The highest BCUT2D eigenvalue weighted by molar-refractivity contribution is 5.27. The van der Waals surface area contributed by atoms with Crippen LogP contribution in [0.4, 0.5) is 0 Å². The van der Waals surface area contributed by atoms with Gasteiger partial charge in [-0.2, -0.15) is 0 Å². The molecule has 0 heterocycles. The van der Waals surface area contributed by atoms with E-state index < -0.39 is 0 Å². The predicted octanol–water partition coefficient (Wildman–Crippen LogP) is 2.11. The van der Waals surface area contributed by atoms with Gasteiger partial charge < -0.3 is 11.1 Å². The van der Waals surface area contributed by atoms with E-state index in [0.29, 0.717) is 12.1 Å². The van der Waals surface area contributed by atoms with E-state index in [2.05, 4.69) is 48.3 Å².